The Hall–Kier alpha value is -2.03. The lowest BCUT2D eigenvalue weighted by molar-refractivity contribution is -0.115. The van der Waals surface area contributed by atoms with Crippen molar-refractivity contribution in [1.29, 1.82) is 0 Å². The standard InChI is InChI=1S/C18H13Cl2NO/c19-15-9-16(20)11-17(10-15)21-18(22)8-12-5-6-13-3-1-2-4-14(13)7-12/h1-7,9-11H,8H2,(H,21,22). The number of halogens is 2. The summed E-state index contributed by atoms with van der Waals surface area (Å²) in [7, 11) is 0. The summed E-state index contributed by atoms with van der Waals surface area (Å²) in [6.07, 6.45) is 0.301. The molecule has 3 rings (SSSR count). The van der Waals surface area contributed by atoms with Crippen molar-refractivity contribution in [2.75, 3.05) is 5.32 Å². The van der Waals surface area contributed by atoms with Crippen molar-refractivity contribution in [2.45, 2.75) is 6.42 Å². The van der Waals surface area contributed by atoms with Crippen LogP contribution in [0.4, 0.5) is 5.69 Å². The molecule has 0 aliphatic rings. The van der Waals surface area contributed by atoms with Crippen LogP contribution in [0.2, 0.25) is 10.0 Å². The molecule has 0 radical (unpaired) electrons. The lowest BCUT2D eigenvalue weighted by Crippen LogP contribution is -2.14. The highest BCUT2D eigenvalue weighted by Gasteiger charge is 2.06. The fraction of sp³-hybridized carbons (Fsp3) is 0.0556. The average Bonchev–Trinajstić information content (AvgIpc) is 2.45. The first kappa shape index (κ1) is 14.9. The van der Waals surface area contributed by atoms with Crippen LogP contribution in [0, 0.1) is 0 Å². The molecule has 0 aliphatic heterocycles. The Morgan fingerprint density at radius 2 is 1.55 bits per heavy atom. The van der Waals surface area contributed by atoms with Crippen LogP contribution in [-0.4, -0.2) is 5.91 Å². The largest absolute Gasteiger partial charge is 0.326 e. The van der Waals surface area contributed by atoms with Crippen LogP contribution < -0.4 is 5.32 Å². The van der Waals surface area contributed by atoms with Gasteiger partial charge in [0.25, 0.3) is 0 Å². The van der Waals surface area contributed by atoms with E-state index >= 15 is 0 Å². The first-order chi connectivity index (χ1) is 10.6. The Labute approximate surface area is 138 Å². The molecule has 22 heavy (non-hydrogen) atoms. The van der Waals surface area contributed by atoms with Gasteiger partial charge in [-0.25, -0.2) is 0 Å². The van der Waals surface area contributed by atoms with Crippen LogP contribution in [0.1, 0.15) is 5.56 Å². The molecule has 3 aromatic rings. The molecule has 3 aromatic carbocycles. The highest BCUT2D eigenvalue weighted by molar-refractivity contribution is 6.35. The van der Waals surface area contributed by atoms with E-state index < -0.39 is 0 Å². The summed E-state index contributed by atoms with van der Waals surface area (Å²) >= 11 is 11.8. The van der Waals surface area contributed by atoms with Crippen molar-refractivity contribution in [3.8, 4) is 0 Å². The number of anilines is 1. The fourth-order valence-corrected chi connectivity index (χ4v) is 2.89. The van der Waals surface area contributed by atoms with E-state index in [2.05, 4.69) is 5.32 Å². The fourth-order valence-electron chi connectivity index (χ4n) is 2.37. The zero-order valence-electron chi connectivity index (χ0n) is 11.6. The van der Waals surface area contributed by atoms with E-state index in [1.807, 2.05) is 42.5 Å². The summed E-state index contributed by atoms with van der Waals surface area (Å²) in [6.45, 7) is 0. The smallest absolute Gasteiger partial charge is 0.228 e. The van der Waals surface area contributed by atoms with Crippen molar-refractivity contribution in [1.82, 2.24) is 0 Å². The lowest BCUT2D eigenvalue weighted by Gasteiger charge is -2.07. The Bertz CT molecular complexity index is 825. The summed E-state index contributed by atoms with van der Waals surface area (Å²) in [5, 5.41) is 6.08. The quantitative estimate of drug-likeness (QED) is 0.691. The molecule has 0 aliphatic carbocycles. The minimum Gasteiger partial charge on any atom is -0.326 e. The zero-order valence-corrected chi connectivity index (χ0v) is 13.2. The Balaban J connectivity index is 1.75. The normalized spacial score (nSPS) is 10.6. The van der Waals surface area contributed by atoms with E-state index in [0.717, 1.165) is 16.3 Å². The van der Waals surface area contributed by atoms with Crippen LogP contribution in [-0.2, 0) is 11.2 Å². The number of carbonyl (C=O) groups excluding carboxylic acids is 1. The van der Waals surface area contributed by atoms with Gasteiger partial charge in [-0.1, -0.05) is 65.7 Å². The van der Waals surface area contributed by atoms with Gasteiger partial charge in [-0.2, -0.15) is 0 Å². The number of hydrogen-bond acceptors (Lipinski definition) is 1. The second-order valence-electron chi connectivity index (χ2n) is 5.06. The molecule has 0 fully saturated rings. The van der Waals surface area contributed by atoms with Crippen molar-refractivity contribution in [3.63, 3.8) is 0 Å². The molecule has 2 nitrogen and oxygen atoms in total. The SMILES string of the molecule is O=C(Cc1ccc2ccccc2c1)Nc1cc(Cl)cc(Cl)c1. The molecule has 0 unspecified atom stereocenters. The highest BCUT2D eigenvalue weighted by Crippen LogP contribution is 2.23. The van der Waals surface area contributed by atoms with Gasteiger partial charge < -0.3 is 5.32 Å². The van der Waals surface area contributed by atoms with Crippen LogP contribution in [0.15, 0.2) is 60.7 Å². The Morgan fingerprint density at radius 1 is 0.864 bits per heavy atom. The molecule has 4 heteroatoms. The summed E-state index contributed by atoms with van der Waals surface area (Å²) in [5.41, 5.74) is 1.56. The molecule has 0 saturated carbocycles. The highest BCUT2D eigenvalue weighted by atomic mass is 35.5. The first-order valence-electron chi connectivity index (χ1n) is 6.84. The number of fused-ring (bicyclic) bond motifs is 1. The first-order valence-corrected chi connectivity index (χ1v) is 7.59. The minimum atomic E-state index is -0.103. The number of benzene rings is 3. The zero-order chi connectivity index (χ0) is 15.5. The second-order valence-corrected chi connectivity index (χ2v) is 5.94. The number of rotatable bonds is 3. The van der Waals surface area contributed by atoms with E-state index in [9.17, 15) is 4.79 Å². The van der Waals surface area contributed by atoms with Gasteiger partial charge in [-0.15, -0.1) is 0 Å². The van der Waals surface area contributed by atoms with Crippen LogP contribution in [0.25, 0.3) is 10.8 Å². The van der Waals surface area contributed by atoms with Gasteiger partial charge in [-0.3, -0.25) is 4.79 Å². The van der Waals surface area contributed by atoms with E-state index in [1.54, 1.807) is 18.2 Å². The number of carbonyl (C=O) groups is 1. The summed E-state index contributed by atoms with van der Waals surface area (Å²) in [6, 6.07) is 19.1. The molecule has 0 heterocycles. The Kier molecular flexibility index (Phi) is 4.32. The van der Waals surface area contributed by atoms with Crippen LogP contribution in [0.5, 0.6) is 0 Å². The Morgan fingerprint density at radius 3 is 2.27 bits per heavy atom. The van der Waals surface area contributed by atoms with Gasteiger partial charge in [0.2, 0.25) is 5.91 Å². The second kappa shape index (κ2) is 6.39. The monoisotopic (exact) mass is 329 g/mol. The average molecular weight is 330 g/mol. The summed E-state index contributed by atoms with van der Waals surface area (Å²) in [5.74, 6) is -0.103. The van der Waals surface area contributed by atoms with Gasteiger partial charge >= 0.3 is 0 Å². The van der Waals surface area contributed by atoms with Crippen LogP contribution in [0.3, 0.4) is 0 Å². The predicted molar refractivity (Wildman–Crippen MR) is 92.7 cm³/mol. The van der Waals surface area contributed by atoms with E-state index in [-0.39, 0.29) is 5.91 Å². The van der Waals surface area contributed by atoms with Crippen LogP contribution >= 0.6 is 23.2 Å². The van der Waals surface area contributed by atoms with Crippen molar-refractivity contribution >= 4 is 45.6 Å². The van der Waals surface area contributed by atoms with Gasteiger partial charge in [-0.05, 0) is 34.5 Å². The maximum absolute atomic E-state index is 12.1. The molecule has 1 amide bonds. The van der Waals surface area contributed by atoms with Gasteiger partial charge in [0.05, 0.1) is 6.42 Å². The van der Waals surface area contributed by atoms with Crippen molar-refractivity contribution < 1.29 is 4.79 Å². The lowest BCUT2D eigenvalue weighted by atomic mass is 10.0. The summed E-state index contributed by atoms with van der Waals surface area (Å²) in [4.78, 5) is 12.1. The molecule has 0 bridgehead atoms. The molecule has 0 aromatic heterocycles. The van der Waals surface area contributed by atoms with Gasteiger partial charge in [0.1, 0.15) is 0 Å². The number of nitrogens with one attached hydrogen (secondary N) is 1. The van der Waals surface area contributed by atoms with E-state index in [1.165, 1.54) is 0 Å². The molecular weight excluding hydrogens is 317 g/mol. The molecule has 110 valence electrons. The van der Waals surface area contributed by atoms with Gasteiger partial charge in [0, 0.05) is 15.7 Å². The van der Waals surface area contributed by atoms with E-state index in [4.69, 9.17) is 23.2 Å². The number of hydrogen-bond donors (Lipinski definition) is 1. The van der Waals surface area contributed by atoms with Gasteiger partial charge in [0.15, 0.2) is 0 Å². The molecule has 1 N–H and O–H groups in total. The van der Waals surface area contributed by atoms with Crippen molar-refractivity contribution in [3.05, 3.63) is 76.3 Å². The summed E-state index contributed by atoms with van der Waals surface area (Å²) < 4.78 is 0. The molecule has 0 saturated heterocycles. The third kappa shape index (κ3) is 3.59. The van der Waals surface area contributed by atoms with E-state index in [0.29, 0.717) is 22.2 Å². The molecular formula is C18H13Cl2NO. The topological polar surface area (TPSA) is 29.1 Å². The molecule has 0 atom stereocenters. The minimum absolute atomic E-state index is 0.103. The maximum atomic E-state index is 12.1. The third-order valence-corrected chi connectivity index (χ3v) is 3.76. The molecule has 0 spiro atoms. The van der Waals surface area contributed by atoms with Crippen molar-refractivity contribution in [2.24, 2.45) is 0 Å². The maximum Gasteiger partial charge on any atom is 0.228 e. The number of amides is 1. The third-order valence-electron chi connectivity index (χ3n) is 3.32. The predicted octanol–water partition coefficient (Wildman–Crippen LogP) is 5.33.